The van der Waals surface area contributed by atoms with Crippen LogP contribution in [-0.4, -0.2) is 18.6 Å². The zero-order valence-electron chi connectivity index (χ0n) is 11.7. The molecular formula is C16H11F3N2OS. The van der Waals surface area contributed by atoms with Crippen molar-refractivity contribution in [1.29, 1.82) is 5.26 Å². The summed E-state index contributed by atoms with van der Waals surface area (Å²) in [7, 11) is 0. The number of hydrogen-bond acceptors (Lipinski definition) is 3. The maximum Gasteiger partial charge on any atom is 0.405 e. The average molecular weight is 336 g/mol. The number of benzene rings is 2. The lowest BCUT2D eigenvalue weighted by Gasteiger charge is -2.11. The molecule has 2 aromatic rings. The van der Waals surface area contributed by atoms with Gasteiger partial charge in [-0.25, -0.2) is 0 Å². The molecule has 0 aliphatic rings. The van der Waals surface area contributed by atoms with E-state index in [0.717, 1.165) is 11.8 Å². The smallest absolute Gasteiger partial charge is 0.343 e. The van der Waals surface area contributed by atoms with Crippen LogP contribution in [0.5, 0.6) is 0 Å². The molecule has 0 atom stereocenters. The van der Waals surface area contributed by atoms with Crippen molar-refractivity contribution >= 4 is 17.7 Å². The van der Waals surface area contributed by atoms with Crippen molar-refractivity contribution in [3.8, 4) is 6.07 Å². The third kappa shape index (κ3) is 4.76. The van der Waals surface area contributed by atoms with Gasteiger partial charge in [-0.15, -0.1) is 0 Å². The fourth-order valence-electron chi connectivity index (χ4n) is 1.79. The maximum atomic E-state index is 12.2. The molecule has 23 heavy (non-hydrogen) atoms. The number of nitrogens with zero attached hydrogens (tertiary/aromatic N) is 1. The fourth-order valence-corrected chi connectivity index (χ4v) is 2.81. The van der Waals surface area contributed by atoms with Gasteiger partial charge in [0.05, 0.1) is 11.1 Å². The molecule has 0 aliphatic heterocycles. The number of carbonyl (C=O) groups is 1. The second-order valence-corrected chi connectivity index (χ2v) is 5.59. The molecule has 7 heteroatoms. The van der Waals surface area contributed by atoms with E-state index in [0.29, 0.717) is 15.4 Å². The summed E-state index contributed by atoms with van der Waals surface area (Å²) < 4.78 is 36.7. The van der Waals surface area contributed by atoms with Gasteiger partial charge in [-0.3, -0.25) is 4.79 Å². The molecule has 0 saturated carbocycles. The molecule has 2 aromatic carbocycles. The van der Waals surface area contributed by atoms with E-state index in [2.05, 4.69) is 0 Å². The summed E-state index contributed by atoms with van der Waals surface area (Å²) in [6.45, 7) is -1.39. The third-order valence-corrected chi connectivity index (χ3v) is 3.96. The molecular weight excluding hydrogens is 325 g/mol. The average Bonchev–Trinajstić information content (AvgIpc) is 2.53. The Kier molecular flexibility index (Phi) is 5.29. The number of rotatable bonds is 4. The minimum atomic E-state index is -4.47. The summed E-state index contributed by atoms with van der Waals surface area (Å²) in [5.74, 6) is -0.806. The maximum absolute atomic E-state index is 12.2. The van der Waals surface area contributed by atoms with E-state index in [-0.39, 0.29) is 5.56 Å². The molecule has 0 fully saturated rings. The van der Waals surface area contributed by atoms with Crippen LogP contribution in [0.3, 0.4) is 0 Å². The Hall–Kier alpha value is -2.46. The molecule has 118 valence electrons. The molecule has 0 heterocycles. The first-order chi connectivity index (χ1) is 10.9. The number of carbonyl (C=O) groups excluding carboxylic acids is 1. The van der Waals surface area contributed by atoms with Crippen LogP contribution in [0.25, 0.3) is 0 Å². The monoisotopic (exact) mass is 336 g/mol. The van der Waals surface area contributed by atoms with Crippen molar-refractivity contribution < 1.29 is 18.0 Å². The lowest BCUT2D eigenvalue weighted by Crippen LogP contribution is -2.33. The first kappa shape index (κ1) is 16.9. The first-order valence-electron chi connectivity index (χ1n) is 6.51. The Morgan fingerprint density at radius 1 is 1.09 bits per heavy atom. The first-order valence-corrected chi connectivity index (χ1v) is 7.33. The van der Waals surface area contributed by atoms with Crippen molar-refractivity contribution in [3.05, 3.63) is 59.7 Å². The number of nitriles is 1. The van der Waals surface area contributed by atoms with Crippen molar-refractivity contribution in [1.82, 2.24) is 5.32 Å². The van der Waals surface area contributed by atoms with E-state index in [1.807, 2.05) is 11.4 Å². The van der Waals surface area contributed by atoms with Crippen LogP contribution in [0, 0.1) is 11.3 Å². The standard InChI is InChI=1S/C16H11F3N2OS/c17-16(18,19)10-21-15(22)12-6-2-4-8-14(12)23-13-7-3-1-5-11(13)9-20/h1-8H,10H2,(H,21,22). The van der Waals surface area contributed by atoms with Crippen LogP contribution in [0.15, 0.2) is 58.3 Å². The van der Waals surface area contributed by atoms with E-state index in [1.54, 1.807) is 42.5 Å². The van der Waals surface area contributed by atoms with Gasteiger partial charge < -0.3 is 5.32 Å². The van der Waals surface area contributed by atoms with E-state index in [1.165, 1.54) is 6.07 Å². The Morgan fingerprint density at radius 2 is 1.70 bits per heavy atom. The Labute approximate surface area is 135 Å². The minimum Gasteiger partial charge on any atom is -0.343 e. The van der Waals surface area contributed by atoms with E-state index in [4.69, 9.17) is 5.26 Å². The van der Waals surface area contributed by atoms with Crippen molar-refractivity contribution in [2.24, 2.45) is 0 Å². The van der Waals surface area contributed by atoms with Gasteiger partial charge >= 0.3 is 6.18 Å². The highest BCUT2D eigenvalue weighted by molar-refractivity contribution is 7.99. The van der Waals surface area contributed by atoms with E-state index < -0.39 is 18.6 Å². The van der Waals surface area contributed by atoms with Gasteiger partial charge in [0.2, 0.25) is 0 Å². The number of halogens is 3. The molecule has 1 N–H and O–H groups in total. The lowest BCUT2D eigenvalue weighted by molar-refractivity contribution is -0.123. The fraction of sp³-hybridized carbons (Fsp3) is 0.125. The largest absolute Gasteiger partial charge is 0.405 e. The van der Waals surface area contributed by atoms with E-state index in [9.17, 15) is 18.0 Å². The number of hydrogen-bond donors (Lipinski definition) is 1. The molecule has 0 saturated heterocycles. The van der Waals surface area contributed by atoms with Crippen LogP contribution in [-0.2, 0) is 0 Å². The van der Waals surface area contributed by atoms with Gasteiger partial charge in [-0.2, -0.15) is 18.4 Å². The molecule has 0 aromatic heterocycles. The van der Waals surface area contributed by atoms with Crippen LogP contribution >= 0.6 is 11.8 Å². The summed E-state index contributed by atoms with van der Waals surface area (Å²) >= 11 is 1.16. The minimum absolute atomic E-state index is 0.134. The van der Waals surface area contributed by atoms with Crippen LogP contribution in [0.1, 0.15) is 15.9 Å². The van der Waals surface area contributed by atoms with Crippen LogP contribution in [0.2, 0.25) is 0 Å². The SMILES string of the molecule is N#Cc1ccccc1Sc1ccccc1C(=O)NCC(F)(F)F. The quantitative estimate of drug-likeness (QED) is 0.918. The highest BCUT2D eigenvalue weighted by atomic mass is 32.2. The van der Waals surface area contributed by atoms with E-state index >= 15 is 0 Å². The van der Waals surface area contributed by atoms with Gasteiger partial charge in [-0.1, -0.05) is 36.0 Å². The second kappa shape index (κ2) is 7.20. The summed E-state index contributed by atoms with van der Waals surface area (Å²) in [6.07, 6.45) is -4.47. The molecule has 0 spiro atoms. The zero-order valence-corrected chi connectivity index (χ0v) is 12.5. The van der Waals surface area contributed by atoms with Gasteiger partial charge in [0, 0.05) is 9.79 Å². The Balaban J connectivity index is 2.24. The van der Waals surface area contributed by atoms with Crippen molar-refractivity contribution in [2.75, 3.05) is 6.54 Å². The molecule has 3 nitrogen and oxygen atoms in total. The van der Waals surface area contributed by atoms with Crippen LogP contribution < -0.4 is 5.32 Å². The Morgan fingerprint density at radius 3 is 2.35 bits per heavy atom. The van der Waals surface area contributed by atoms with Gasteiger partial charge in [-0.05, 0) is 24.3 Å². The second-order valence-electron chi connectivity index (χ2n) is 4.50. The molecule has 0 aliphatic carbocycles. The summed E-state index contributed by atoms with van der Waals surface area (Å²) in [6, 6.07) is 15.2. The summed E-state index contributed by atoms with van der Waals surface area (Å²) in [4.78, 5) is 13.1. The third-order valence-electron chi connectivity index (χ3n) is 2.81. The predicted molar refractivity (Wildman–Crippen MR) is 80.1 cm³/mol. The molecule has 2 rings (SSSR count). The zero-order chi connectivity index (χ0) is 16.9. The topological polar surface area (TPSA) is 52.9 Å². The number of alkyl halides is 3. The van der Waals surface area contributed by atoms with Gasteiger partial charge in [0.25, 0.3) is 5.91 Å². The molecule has 0 unspecified atom stereocenters. The predicted octanol–water partition coefficient (Wildman–Crippen LogP) is 4.00. The molecule has 0 bridgehead atoms. The van der Waals surface area contributed by atoms with Crippen LogP contribution in [0.4, 0.5) is 13.2 Å². The van der Waals surface area contributed by atoms with Crippen molar-refractivity contribution in [3.63, 3.8) is 0 Å². The highest BCUT2D eigenvalue weighted by Gasteiger charge is 2.28. The lowest BCUT2D eigenvalue weighted by atomic mass is 10.2. The van der Waals surface area contributed by atoms with Crippen molar-refractivity contribution in [2.45, 2.75) is 16.0 Å². The number of nitrogens with one attached hydrogen (secondary N) is 1. The van der Waals surface area contributed by atoms with Gasteiger partial charge in [0.1, 0.15) is 12.6 Å². The Bertz CT molecular complexity index is 753. The number of amides is 1. The molecule has 1 amide bonds. The highest BCUT2D eigenvalue weighted by Crippen LogP contribution is 2.32. The summed E-state index contributed by atoms with van der Waals surface area (Å²) in [5, 5.41) is 10.9. The summed E-state index contributed by atoms with van der Waals surface area (Å²) in [5.41, 5.74) is 0.567. The normalized spacial score (nSPS) is 10.9. The molecule has 0 radical (unpaired) electrons. The van der Waals surface area contributed by atoms with Gasteiger partial charge in [0.15, 0.2) is 0 Å².